The number of ether oxygens (including phenoxy) is 1. The molecule has 0 saturated heterocycles. The summed E-state index contributed by atoms with van der Waals surface area (Å²) in [6, 6.07) is 12.1. The van der Waals surface area contributed by atoms with Gasteiger partial charge in [-0.1, -0.05) is 18.7 Å². The van der Waals surface area contributed by atoms with Crippen molar-refractivity contribution in [2.24, 2.45) is 0 Å². The van der Waals surface area contributed by atoms with Gasteiger partial charge in [-0.2, -0.15) is 0 Å². The van der Waals surface area contributed by atoms with E-state index in [0.29, 0.717) is 10.4 Å². The number of rotatable bonds is 4. The molecule has 3 aromatic rings. The topological polar surface area (TPSA) is 100 Å². The first-order valence-electron chi connectivity index (χ1n) is 7.10. The van der Waals surface area contributed by atoms with Crippen molar-refractivity contribution in [3.63, 3.8) is 0 Å². The summed E-state index contributed by atoms with van der Waals surface area (Å²) in [6.07, 6.45) is 1.02. The molecular weight excluding hydrogens is 326 g/mol. The number of benzene rings is 2. The molecule has 0 unspecified atom stereocenters. The van der Waals surface area contributed by atoms with Crippen LogP contribution in [0.2, 0.25) is 0 Å². The van der Waals surface area contributed by atoms with Gasteiger partial charge in [0.25, 0.3) is 0 Å². The first-order valence-corrected chi connectivity index (χ1v) is 7.10. The van der Waals surface area contributed by atoms with Crippen molar-refractivity contribution in [2.75, 3.05) is 0 Å². The zero-order chi connectivity index (χ0) is 17.8. The summed E-state index contributed by atoms with van der Waals surface area (Å²) >= 11 is 0. The third kappa shape index (κ3) is 3.42. The molecule has 0 spiro atoms. The summed E-state index contributed by atoms with van der Waals surface area (Å²) in [7, 11) is 0. The summed E-state index contributed by atoms with van der Waals surface area (Å²) < 4.78 is 4.90. The van der Waals surface area contributed by atoms with Crippen molar-refractivity contribution in [3.8, 4) is 5.75 Å². The van der Waals surface area contributed by atoms with Crippen LogP contribution in [0, 0.1) is 0 Å². The molecule has 0 amide bonds. The SMILES string of the molecule is C=CC(=O)Oc1ccc(C(=O)On2nnc3ccccc3c2=O)cc1. The number of carbonyl (C=O) groups excluding carboxylic acids is 2. The smallest absolute Gasteiger partial charge is 0.365 e. The van der Waals surface area contributed by atoms with E-state index < -0.39 is 17.5 Å². The van der Waals surface area contributed by atoms with Crippen molar-refractivity contribution in [1.29, 1.82) is 0 Å². The number of nitrogens with zero attached hydrogens (tertiary/aromatic N) is 3. The van der Waals surface area contributed by atoms with Gasteiger partial charge in [-0.3, -0.25) is 4.79 Å². The Hall–Kier alpha value is -3.81. The Morgan fingerprint density at radius 2 is 1.80 bits per heavy atom. The molecule has 0 fully saturated rings. The second-order valence-corrected chi connectivity index (χ2v) is 4.81. The highest BCUT2D eigenvalue weighted by Crippen LogP contribution is 2.13. The highest BCUT2D eigenvalue weighted by atomic mass is 16.7. The van der Waals surface area contributed by atoms with Crippen molar-refractivity contribution in [3.05, 3.63) is 77.1 Å². The zero-order valence-corrected chi connectivity index (χ0v) is 12.8. The molecule has 0 aliphatic rings. The van der Waals surface area contributed by atoms with E-state index in [0.717, 1.165) is 6.08 Å². The minimum atomic E-state index is -0.812. The molecule has 0 aliphatic heterocycles. The van der Waals surface area contributed by atoms with Crippen LogP contribution >= 0.6 is 0 Å². The van der Waals surface area contributed by atoms with Crippen molar-refractivity contribution in [2.45, 2.75) is 0 Å². The van der Waals surface area contributed by atoms with E-state index in [4.69, 9.17) is 9.57 Å². The third-order valence-corrected chi connectivity index (χ3v) is 3.19. The average Bonchev–Trinajstić information content (AvgIpc) is 2.64. The average molecular weight is 337 g/mol. The van der Waals surface area contributed by atoms with Gasteiger partial charge in [0.15, 0.2) is 0 Å². The molecule has 8 heteroatoms. The Morgan fingerprint density at radius 1 is 1.08 bits per heavy atom. The Bertz CT molecular complexity index is 1020. The number of hydrogen-bond acceptors (Lipinski definition) is 7. The van der Waals surface area contributed by atoms with E-state index in [1.807, 2.05) is 0 Å². The number of aromatic nitrogens is 3. The lowest BCUT2D eigenvalue weighted by atomic mass is 10.2. The highest BCUT2D eigenvalue weighted by molar-refractivity contribution is 5.90. The first-order chi connectivity index (χ1) is 12.1. The normalized spacial score (nSPS) is 10.2. The molecule has 0 N–H and O–H groups in total. The van der Waals surface area contributed by atoms with Crippen LogP contribution in [0.15, 0.2) is 66.0 Å². The van der Waals surface area contributed by atoms with E-state index in [9.17, 15) is 14.4 Å². The summed E-state index contributed by atoms with van der Waals surface area (Å²) in [5.41, 5.74) is -0.0658. The van der Waals surface area contributed by atoms with E-state index >= 15 is 0 Å². The van der Waals surface area contributed by atoms with Gasteiger partial charge in [0.1, 0.15) is 11.3 Å². The molecule has 0 bridgehead atoms. The number of fused-ring (bicyclic) bond motifs is 1. The number of carbonyl (C=O) groups is 2. The van der Waals surface area contributed by atoms with E-state index in [1.54, 1.807) is 24.3 Å². The third-order valence-electron chi connectivity index (χ3n) is 3.19. The molecule has 25 heavy (non-hydrogen) atoms. The van der Waals surface area contributed by atoms with Crippen molar-refractivity contribution < 1.29 is 19.2 Å². The number of hydrogen-bond donors (Lipinski definition) is 0. The van der Waals surface area contributed by atoms with Crippen LogP contribution in [-0.2, 0) is 4.79 Å². The van der Waals surface area contributed by atoms with E-state index in [2.05, 4.69) is 16.9 Å². The fourth-order valence-electron chi connectivity index (χ4n) is 1.98. The minimum absolute atomic E-state index is 0.139. The Morgan fingerprint density at radius 3 is 2.52 bits per heavy atom. The van der Waals surface area contributed by atoms with Crippen molar-refractivity contribution in [1.82, 2.24) is 15.2 Å². The largest absolute Gasteiger partial charge is 0.423 e. The quantitative estimate of drug-likeness (QED) is 0.305. The molecule has 0 atom stereocenters. The molecule has 0 saturated carbocycles. The lowest BCUT2D eigenvalue weighted by Crippen LogP contribution is -2.33. The summed E-state index contributed by atoms with van der Waals surface area (Å²) in [4.78, 5) is 40.9. The van der Waals surface area contributed by atoms with Gasteiger partial charge in [0.05, 0.1) is 10.9 Å². The van der Waals surface area contributed by atoms with Gasteiger partial charge in [0.2, 0.25) is 0 Å². The molecule has 0 aliphatic carbocycles. The molecule has 1 heterocycles. The second kappa shape index (κ2) is 6.75. The minimum Gasteiger partial charge on any atom is -0.423 e. The van der Waals surface area contributed by atoms with Gasteiger partial charge < -0.3 is 9.57 Å². The standard InChI is InChI=1S/C17H11N3O5/c1-2-15(21)24-12-9-7-11(8-10-12)17(23)25-20-16(22)13-5-3-4-6-14(13)18-19-20/h2-10H,1H2. The number of esters is 1. The van der Waals surface area contributed by atoms with E-state index in [1.165, 1.54) is 24.3 Å². The second-order valence-electron chi connectivity index (χ2n) is 4.81. The lowest BCUT2D eigenvalue weighted by Gasteiger charge is -2.06. The molecular formula is C17H11N3O5. The first kappa shape index (κ1) is 16.1. The summed E-state index contributed by atoms with van der Waals surface area (Å²) in [6.45, 7) is 3.29. The van der Waals surface area contributed by atoms with Crippen LogP contribution < -0.4 is 15.1 Å². The van der Waals surface area contributed by atoms with E-state index in [-0.39, 0.29) is 16.7 Å². The highest BCUT2D eigenvalue weighted by Gasteiger charge is 2.13. The Balaban J connectivity index is 1.80. The maximum atomic E-state index is 12.2. The van der Waals surface area contributed by atoms with Crippen LogP contribution in [0.1, 0.15) is 10.4 Å². The van der Waals surface area contributed by atoms with Crippen LogP contribution in [0.25, 0.3) is 10.9 Å². The zero-order valence-electron chi connectivity index (χ0n) is 12.8. The molecule has 3 rings (SSSR count). The van der Waals surface area contributed by atoms with Crippen LogP contribution in [0.5, 0.6) is 5.75 Å². The van der Waals surface area contributed by atoms with Gasteiger partial charge in [0, 0.05) is 6.08 Å². The Labute approximate surface area is 140 Å². The van der Waals surface area contributed by atoms with Gasteiger partial charge in [-0.25, -0.2) is 9.59 Å². The summed E-state index contributed by atoms with van der Waals surface area (Å²) in [5.74, 6) is -1.19. The molecule has 124 valence electrons. The summed E-state index contributed by atoms with van der Waals surface area (Å²) in [5, 5.41) is 7.66. The van der Waals surface area contributed by atoms with Crippen LogP contribution in [-0.4, -0.2) is 27.1 Å². The fraction of sp³-hybridized carbons (Fsp3) is 0. The molecule has 8 nitrogen and oxygen atoms in total. The van der Waals surface area contributed by atoms with Gasteiger partial charge in [-0.15, -0.1) is 5.10 Å². The molecule has 2 aromatic carbocycles. The van der Waals surface area contributed by atoms with Crippen LogP contribution in [0.4, 0.5) is 0 Å². The van der Waals surface area contributed by atoms with Crippen molar-refractivity contribution >= 4 is 22.8 Å². The van der Waals surface area contributed by atoms with Crippen LogP contribution in [0.3, 0.4) is 0 Å². The molecule has 0 radical (unpaired) electrons. The molecule has 1 aromatic heterocycles. The maximum Gasteiger partial charge on any atom is 0.365 e. The maximum absolute atomic E-state index is 12.2. The fourth-order valence-corrected chi connectivity index (χ4v) is 1.98. The Kier molecular flexibility index (Phi) is 4.34. The lowest BCUT2D eigenvalue weighted by molar-refractivity contribution is -0.128. The predicted molar refractivity (Wildman–Crippen MR) is 87.0 cm³/mol. The monoisotopic (exact) mass is 337 g/mol. The van der Waals surface area contributed by atoms with Gasteiger partial charge >= 0.3 is 17.5 Å². The predicted octanol–water partition coefficient (Wildman–Crippen LogP) is 1.15. The van der Waals surface area contributed by atoms with Gasteiger partial charge in [-0.05, 0) is 46.5 Å².